The van der Waals surface area contributed by atoms with Gasteiger partial charge in [0.05, 0.1) is 0 Å². The first kappa shape index (κ1) is 20.7. The van der Waals surface area contributed by atoms with Crippen molar-refractivity contribution in [2.75, 3.05) is 13.2 Å². The van der Waals surface area contributed by atoms with Gasteiger partial charge in [-0.25, -0.2) is 0 Å². The van der Waals surface area contributed by atoms with E-state index in [4.69, 9.17) is 9.47 Å². The van der Waals surface area contributed by atoms with Crippen LogP contribution in [-0.4, -0.2) is 19.0 Å². The number of rotatable bonds is 15. The largest absolute Gasteiger partial charge is 0.346 e. The zero-order valence-corrected chi connectivity index (χ0v) is 15.0. The lowest BCUT2D eigenvalue weighted by atomic mass is 9.87. The Morgan fingerprint density at radius 1 is 0.810 bits per heavy atom. The zero-order valence-electron chi connectivity index (χ0n) is 15.0. The van der Waals surface area contributed by atoms with Crippen molar-refractivity contribution in [3.8, 4) is 0 Å². The Morgan fingerprint density at radius 2 is 1.38 bits per heavy atom. The summed E-state index contributed by atoms with van der Waals surface area (Å²) in [6.45, 7) is 13.9. The number of unbranched alkanes of at least 4 members (excludes halogenated alkanes) is 5. The van der Waals surface area contributed by atoms with E-state index in [9.17, 15) is 0 Å². The molecule has 0 aliphatic carbocycles. The first-order valence-electron chi connectivity index (χ1n) is 9.12. The van der Waals surface area contributed by atoms with Crippen LogP contribution in [0.15, 0.2) is 12.7 Å². The summed E-state index contributed by atoms with van der Waals surface area (Å²) in [6, 6.07) is 0. The smallest absolute Gasteiger partial charge is 0.190 e. The highest BCUT2D eigenvalue weighted by Crippen LogP contribution is 2.33. The SMILES string of the molecule is C=CC(OCC)(OCC)C(CCC)CCCCCCCC. The van der Waals surface area contributed by atoms with Crippen molar-refractivity contribution in [1.29, 1.82) is 0 Å². The van der Waals surface area contributed by atoms with Crippen LogP contribution in [-0.2, 0) is 9.47 Å². The minimum atomic E-state index is -0.580. The number of ether oxygens (including phenoxy) is 2. The Morgan fingerprint density at radius 3 is 1.86 bits per heavy atom. The molecule has 0 aromatic rings. The summed E-state index contributed by atoms with van der Waals surface area (Å²) in [7, 11) is 0. The summed E-state index contributed by atoms with van der Waals surface area (Å²) in [4.78, 5) is 0. The monoisotopic (exact) mass is 298 g/mol. The van der Waals surface area contributed by atoms with E-state index >= 15 is 0 Å². The summed E-state index contributed by atoms with van der Waals surface area (Å²) in [5.41, 5.74) is 0. The van der Waals surface area contributed by atoms with Crippen molar-refractivity contribution in [1.82, 2.24) is 0 Å². The normalized spacial score (nSPS) is 13.3. The van der Waals surface area contributed by atoms with Gasteiger partial charge >= 0.3 is 0 Å². The summed E-state index contributed by atoms with van der Waals surface area (Å²) in [6.07, 6.45) is 13.4. The lowest BCUT2D eigenvalue weighted by molar-refractivity contribution is -0.233. The third kappa shape index (κ3) is 8.01. The first-order chi connectivity index (χ1) is 10.2. The lowest BCUT2D eigenvalue weighted by Gasteiger charge is -2.37. The van der Waals surface area contributed by atoms with Gasteiger partial charge in [-0.15, -0.1) is 0 Å². The molecule has 0 fully saturated rings. The molecule has 0 saturated carbocycles. The molecular weight excluding hydrogens is 260 g/mol. The van der Waals surface area contributed by atoms with Gasteiger partial charge in [-0.05, 0) is 32.8 Å². The van der Waals surface area contributed by atoms with Crippen LogP contribution in [0.4, 0.5) is 0 Å². The maximum atomic E-state index is 5.99. The fourth-order valence-electron chi connectivity index (χ4n) is 3.08. The molecule has 0 amide bonds. The Labute approximate surface area is 133 Å². The molecule has 0 saturated heterocycles. The Balaban J connectivity index is 4.47. The van der Waals surface area contributed by atoms with Crippen molar-refractivity contribution >= 4 is 0 Å². The quantitative estimate of drug-likeness (QED) is 0.206. The fourth-order valence-corrected chi connectivity index (χ4v) is 3.08. The van der Waals surface area contributed by atoms with E-state index in [0.29, 0.717) is 19.1 Å². The van der Waals surface area contributed by atoms with Gasteiger partial charge in [0, 0.05) is 19.1 Å². The van der Waals surface area contributed by atoms with E-state index in [2.05, 4.69) is 20.4 Å². The molecule has 0 aliphatic rings. The summed E-state index contributed by atoms with van der Waals surface area (Å²) in [5.74, 6) is -0.158. The van der Waals surface area contributed by atoms with E-state index in [0.717, 1.165) is 12.8 Å². The van der Waals surface area contributed by atoms with Crippen LogP contribution in [0.1, 0.15) is 85.5 Å². The van der Waals surface area contributed by atoms with Gasteiger partial charge < -0.3 is 9.47 Å². The molecule has 1 unspecified atom stereocenters. The lowest BCUT2D eigenvalue weighted by Crippen LogP contribution is -2.42. The Hall–Kier alpha value is -0.340. The van der Waals surface area contributed by atoms with E-state index in [-0.39, 0.29) is 0 Å². The van der Waals surface area contributed by atoms with E-state index in [1.54, 1.807) is 0 Å². The summed E-state index contributed by atoms with van der Waals surface area (Å²) >= 11 is 0. The topological polar surface area (TPSA) is 18.5 Å². The molecule has 0 heterocycles. The van der Waals surface area contributed by atoms with Crippen LogP contribution in [0.5, 0.6) is 0 Å². The van der Waals surface area contributed by atoms with E-state index in [1.165, 1.54) is 44.9 Å². The van der Waals surface area contributed by atoms with E-state index < -0.39 is 5.79 Å². The molecule has 0 bridgehead atoms. The van der Waals surface area contributed by atoms with E-state index in [1.807, 2.05) is 19.9 Å². The van der Waals surface area contributed by atoms with Crippen LogP contribution in [0.25, 0.3) is 0 Å². The average Bonchev–Trinajstić information content (AvgIpc) is 2.49. The highest BCUT2D eigenvalue weighted by molar-refractivity contribution is 4.95. The van der Waals surface area contributed by atoms with Crippen LogP contribution in [0.2, 0.25) is 0 Å². The predicted molar refractivity (Wildman–Crippen MR) is 92.6 cm³/mol. The molecule has 1 atom stereocenters. The maximum Gasteiger partial charge on any atom is 0.190 e. The molecule has 2 nitrogen and oxygen atoms in total. The predicted octanol–water partition coefficient (Wildman–Crippen LogP) is 6.11. The molecule has 0 spiro atoms. The van der Waals surface area contributed by atoms with Crippen LogP contribution in [0.3, 0.4) is 0 Å². The number of hydrogen-bond acceptors (Lipinski definition) is 2. The Bertz CT molecular complexity index is 232. The van der Waals surface area contributed by atoms with Gasteiger partial charge in [0.2, 0.25) is 0 Å². The summed E-state index contributed by atoms with van der Waals surface area (Å²) < 4.78 is 12.0. The molecular formula is C19H38O2. The Kier molecular flexibility index (Phi) is 13.1. The fraction of sp³-hybridized carbons (Fsp3) is 0.895. The van der Waals surface area contributed by atoms with Gasteiger partial charge in [0.15, 0.2) is 5.79 Å². The summed E-state index contributed by atoms with van der Waals surface area (Å²) in [5, 5.41) is 0. The second-order valence-electron chi connectivity index (χ2n) is 5.83. The maximum absolute atomic E-state index is 5.99. The van der Waals surface area contributed by atoms with Crippen LogP contribution < -0.4 is 0 Å². The zero-order chi connectivity index (χ0) is 16.0. The molecule has 0 rings (SSSR count). The highest BCUT2D eigenvalue weighted by Gasteiger charge is 2.36. The highest BCUT2D eigenvalue weighted by atomic mass is 16.7. The van der Waals surface area contributed by atoms with Crippen molar-refractivity contribution in [3.05, 3.63) is 12.7 Å². The van der Waals surface area contributed by atoms with Gasteiger partial charge in [0.1, 0.15) is 0 Å². The average molecular weight is 299 g/mol. The van der Waals surface area contributed by atoms with Gasteiger partial charge in [-0.3, -0.25) is 0 Å². The molecule has 0 N–H and O–H groups in total. The second kappa shape index (κ2) is 13.3. The minimum Gasteiger partial charge on any atom is -0.346 e. The van der Waals surface area contributed by atoms with Crippen molar-refractivity contribution in [2.24, 2.45) is 5.92 Å². The van der Waals surface area contributed by atoms with Crippen LogP contribution >= 0.6 is 0 Å². The molecule has 21 heavy (non-hydrogen) atoms. The third-order valence-corrected chi connectivity index (χ3v) is 4.14. The third-order valence-electron chi connectivity index (χ3n) is 4.14. The van der Waals surface area contributed by atoms with Crippen molar-refractivity contribution < 1.29 is 9.47 Å². The second-order valence-corrected chi connectivity index (χ2v) is 5.83. The molecule has 0 aromatic heterocycles. The number of hydrogen-bond donors (Lipinski definition) is 0. The van der Waals surface area contributed by atoms with Gasteiger partial charge in [-0.1, -0.05) is 65.4 Å². The first-order valence-corrected chi connectivity index (χ1v) is 9.12. The standard InChI is InChI=1S/C19H38O2/c1-6-11-12-13-14-15-17-18(16-7-2)19(8-3,20-9-4)21-10-5/h8,18H,3,6-7,9-17H2,1-2,4-5H3. The molecule has 2 heteroatoms. The molecule has 126 valence electrons. The van der Waals surface area contributed by atoms with Gasteiger partial charge in [0.25, 0.3) is 0 Å². The molecule has 0 aliphatic heterocycles. The minimum absolute atomic E-state index is 0.422. The van der Waals surface area contributed by atoms with Crippen molar-refractivity contribution in [3.63, 3.8) is 0 Å². The molecule has 0 aromatic carbocycles. The van der Waals surface area contributed by atoms with Crippen molar-refractivity contribution in [2.45, 2.75) is 91.3 Å². The van der Waals surface area contributed by atoms with Gasteiger partial charge in [-0.2, -0.15) is 0 Å². The molecule has 0 radical (unpaired) electrons. The van der Waals surface area contributed by atoms with Crippen LogP contribution in [0, 0.1) is 5.92 Å².